The summed E-state index contributed by atoms with van der Waals surface area (Å²) in [6.45, 7) is 4.67. The lowest BCUT2D eigenvalue weighted by Gasteiger charge is -2.26. The van der Waals surface area contributed by atoms with Crippen LogP contribution in [0.15, 0.2) is 91.1 Å². The van der Waals surface area contributed by atoms with Crippen LogP contribution in [-0.2, 0) is 17.8 Å². The molecule has 0 bridgehead atoms. The molecule has 6 nitrogen and oxygen atoms in total. The van der Waals surface area contributed by atoms with E-state index in [0.29, 0.717) is 12.1 Å². The van der Waals surface area contributed by atoms with Crippen LogP contribution in [0.1, 0.15) is 21.5 Å². The Balaban J connectivity index is 1.37. The topological polar surface area (TPSA) is 50.6 Å². The van der Waals surface area contributed by atoms with Crippen LogP contribution in [0.25, 0.3) is 16.9 Å². The highest BCUT2D eigenvalue weighted by Crippen LogP contribution is 2.25. The van der Waals surface area contributed by atoms with Crippen molar-refractivity contribution in [2.75, 3.05) is 33.4 Å². The van der Waals surface area contributed by atoms with E-state index in [-0.39, 0.29) is 5.91 Å². The van der Waals surface area contributed by atoms with Crippen LogP contribution in [0.5, 0.6) is 0 Å². The average molecular weight is 467 g/mol. The summed E-state index contributed by atoms with van der Waals surface area (Å²) in [6, 6.07) is 28.1. The summed E-state index contributed by atoms with van der Waals surface area (Å²) >= 11 is 0. The first kappa shape index (κ1) is 23.0. The second-order valence-electron chi connectivity index (χ2n) is 8.90. The van der Waals surface area contributed by atoms with Crippen molar-refractivity contribution in [1.29, 1.82) is 0 Å². The van der Waals surface area contributed by atoms with E-state index >= 15 is 0 Å². The summed E-state index contributed by atoms with van der Waals surface area (Å²) < 4.78 is 7.34. The number of benzene rings is 3. The number of aromatic nitrogens is 2. The SMILES string of the molecule is CN(Cc1cn(-c2ccccc2)nc1-c1ccccc1)C(=O)c1cccc(CN2CCOCC2)c1. The fourth-order valence-electron chi connectivity index (χ4n) is 4.45. The molecule has 0 saturated carbocycles. The van der Waals surface area contributed by atoms with Gasteiger partial charge in [-0.05, 0) is 29.8 Å². The summed E-state index contributed by atoms with van der Waals surface area (Å²) in [5.74, 6) is 0.000278. The molecule has 1 fully saturated rings. The molecule has 1 aliphatic rings. The molecule has 5 rings (SSSR count). The van der Waals surface area contributed by atoms with Gasteiger partial charge in [-0.3, -0.25) is 9.69 Å². The van der Waals surface area contributed by atoms with E-state index in [2.05, 4.69) is 23.1 Å². The quantitative estimate of drug-likeness (QED) is 0.398. The van der Waals surface area contributed by atoms with E-state index in [4.69, 9.17) is 9.84 Å². The predicted octanol–water partition coefficient (Wildman–Crippen LogP) is 4.64. The van der Waals surface area contributed by atoms with Crippen molar-refractivity contribution in [1.82, 2.24) is 19.6 Å². The third-order valence-electron chi connectivity index (χ3n) is 6.30. The number of nitrogens with zero attached hydrogens (tertiary/aromatic N) is 4. The molecule has 4 aromatic rings. The van der Waals surface area contributed by atoms with Crippen molar-refractivity contribution in [2.24, 2.45) is 0 Å². The van der Waals surface area contributed by atoms with Crippen molar-refractivity contribution < 1.29 is 9.53 Å². The molecule has 0 aliphatic carbocycles. The first-order valence-electron chi connectivity index (χ1n) is 12.0. The van der Waals surface area contributed by atoms with Crippen LogP contribution < -0.4 is 0 Å². The largest absolute Gasteiger partial charge is 0.379 e. The molecule has 0 N–H and O–H groups in total. The minimum Gasteiger partial charge on any atom is -0.379 e. The Hall–Kier alpha value is -3.74. The number of amides is 1. The van der Waals surface area contributed by atoms with Gasteiger partial charge in [-0.25, -0.2) is 4.68 Å². The van der Waals surface area contributed by atoms with Gasteiger partial charge in [0.15, 0.2) is 0 Å². The van der Waals surface area contributed by atoms with Gasteiger partial charge >= 0.3 is 0 Å². The van der Waals surface area contributed by atoms with Gasteiger partial charge < -0.3 is 9.64 Å². The van der Waals surface area contributed by atoms with E-state index in [0.717, 1.165) is 60.9 Å². The fourth-order valence-corrected chi connectivity index (χ4v) is 4.45. The predicted molar refractivity (Wildman–Crippen MR) is 137 cm³/mol. The highest BCUT2D eigenvalue weighted by atomic mass is 16.5. The fraction of sp³-hybridized carbons (Fsp3) is 0.241. The summed E-state index contributed by atoms with van der Waals surface area (Å²) in [6.07, 6.45) is 2.02. The first-order valence-corrected chi connectivity index (χ1v) is 12.0. The molecule has 178 valence electrons. The Morgan fingerprint density at radius 1 is 0.943 bits per heavy atom. The highest BCUT2D eigenvalue weighted by molar-refractivity contribution is 5.94. The molecule has 6 heteroatoms. The van der Waals surface area contributed by atoms with Crippen molar-refractivity contribution in [3.8, 4) is 16.9 Å². The summed E-state index contributed by atoms with van der Waals surface area (Å²) in [5, 5.41) is 4.88. The van der Waals surface area contributed by atoms with E-state index in [1.165, 1.54) is 0 Å². The molecule has 0 unspecified atom stereocenters. The molecule has 0 spiro atoms. The molecule has 1 amide bonds. The molecule has 1 saturated heterocycles. The molecule has 2 heterocycles. The number of hydrogen-bond donors (Lipinski definition) is 0. The Morgan fingerprint density at radius 3 is 2.40 bits per heavy atom. The number of morpholine rings is 1. The molecule has 0 radical (unpaired) electrons. The molecule has 35 heavy (non-hydrogen) atoms. The highest BCUT2D eigenvalue weighted by Gasteiger charge is 2.19. The molecule has 1 aromatic heterocycles. The van der Waals surface area contributed by atoms with Crippen molar-refractivity contribution in [3.63, 3.8) is 0 Å². The van der Waals surface area contributed by atoms with Gasteiger partial charge in [0.2, 0.25) is 0 Å². The van der Waals surface area contributed by atoms with E-state index < -0.39 is 0 Å². The number of para-hydroxylation sites is 1. The second kappa shape index (κ2) is 10.7. The van der Waals surface area contributed by atoms with Gasteiger partial charge in [0.1, 0.15) is 0 Å². The van der Waals surface area contributed by atoms with E-state index in [1.807, 2.05) is 84.7 Å². The van der Waals surface area contributed by atoms with Crippen LogP contribution in [0.4, 0.5) is 0 Å². The summed E-state index contributed by atoms with van der Waals surface area (Å²) in [7, 11) is 1.85. The Labute approximate surface area is 206 Å². The maximum atomic E-state index is 13.4. The third-order valence-corrected chi connectivity index (χ3v) is 6.30. The van der Waals surface area contributed by atoms with Crippen molar-refractivity contribution >= 4 is 5.91 Å². The zero-order chi connectivity index (χ0) is 24.0. The van der Waals surface area contributed by atoms with Gasteiger partial charge in [-0.2, -0.15) is 5.10 Å². The number of carbonyl (C=O) groups excluding carboxylic acids is 1. The monoisotopic (exact) mass is 466 g/mol. The van der Waals surface area contributed by atoms with Crippen molar-refractivity contribution in [2.45, 2.75) is 13.1 Å². The van der Waals surface area contributed by atoms with Gasteiger partial charge in [-0.1, -0.05) is 60.7 Å². The molecular formula is C29H30N4O2. The Morgan fingerprint density at radius 2 is 1.66 bits per heavy atom. The maximum absolute atomic E-state index is 13.4. The molecule has 1 aliphatic heterocycles. The zero-order valence-corrected chi connectivity index (χ0v) is 20.0. The van der Waals surface area contributed by atoms with Crippen LogP contribution in [-0.4, -0.2) is 58.8 Å². The van der Waals surface area contributed by atoms with Gasteiger partial charge in [0.05, 0.1) is 24.6 Å². The first-order chi connectivity index (χ1) is 17.2. The lowest BCUT2D eigenvalue weighted by molar-refractivity contribution is 0.0341. The third kappa shape index (κ3) is 5.50. The van der Waals surface area contributed by atoms with Crippen LogP contribution in [0.2, 0.25) is 0 Å². The smallest absolute Gasteiger partial charge is 0.253 e. The minimum absolute atomic E-state index is 0.000278. The maximum Gasteiger partial charge on any atom is 0.253 e. The van der Waals surface area contributed by atoms with Crippen LogP contribution in [0.3, 0.4) is 0 Å². The lowest BCUT2D eigenvalue weighted by atomic mass is 10.1. The summed E-state index contributed by atoms with van der Waals surface area (Å²) in [5.41, 5.74) is 5.75. The number of carbonyl (C=O) groups is 1. The second-order valence-corrected chi connectivity index (χ2v) is 8.90. The molecular weight excluding hydrogens is 436 g/mol. The summed E-state index contributed by atoms with van der Waals surface area (Å²) in [4.78, 5) is 17.5. The zero-order valence-electron chi connectivity index (χ0n) is 20.0. The Bertz CT molecular complexity index is 1260. The average Bonchev–Trinajstić information content (AvgIpc) is 3.34. The molecule has 3 aromatic carbocycles. The van der Waals surface area contributed by atoms with Crippen molar-refractivity contribution in [3.05, 3.63) is 108 Å². The minimum atomic E-state index is 0.000278. The number of ether oxygens (including phenoxy) is 1. The number of hydrogen-bond acceptors (Lipinski definition) is 4. The van der Waals surface area contributed by atoms with Gasteiger partial charge in [0, 0.05) is 56.1 Å². The van der Waals surface area contributed by atoms with Crippen LogP contribution >= 0.6 is 0 Å². The standard InChI is InChI=1S/C29H30N4O2/c1-31(29(34)25-12-8-9-23(19-25)20-32-15-17-35-18-16-32)21-26-22-33(27-13-6-3-7-14-27)30-28(26)24-10-4-2-5-11-24/h2-14,19,22H,15-18,20-21H2,1H3. The van der Waals surface area contributed by atoms with Gasteiger partial charge in [0.25, 0.3) is 5.91 Å². The van der Waals surface area contributed by atoms with Gasteiger partial charge in [-0.15, -0.1) is 0 Å². The molecule has 0 atom stereocenters. The van der Waals surface area contributed by atoms with E-state index in [1.54, 1.807) is 4.90 Å². The number of rotatable bonds is 7. The Kier molecular flexibility index (Phi) is 7.02. The lowest BCUT2D eigenvalue weighted by Crippen LogP contribution is -2.35. The van der Waals surface area contributed by atoms with E-state index in [9.17, 15) is 4.79 Å². The normalized spacial score (nSPS) is 14.1. The van der Waals surface area contributed by atoms with Crippen LogP contribution in [0, 0.1) is 0 Å².